The van der Waals surface area contributed by atoms with E-state index in [1.165, 1.54) is 12.1 Å². The van der Waals surface area contributed by atoms with Crippen molar-refractivity contribution in [1.29, 1.82) is 0 Å². The molecule has 12 heteroatoms. The number of nitrogens with zero attached hydrogens (tertiary/aromatic N) is 2. The predicted molar refractivity (Wildman–Crippen MR) is 144 cm³/mol. The van der Waals surface area contributed by atoms with Crippen molar-refractivity contribution in [1.82, 2.24) is 5.32 Å². The third-order valence-corrected chi connectivity index (χ3v) is 9.99. The summed E-state index contributed by atoms with van der Waals surface area (Å²) in [6, 6.07) is 7.84. The number of alkyl halides is 3. The van der Waals surface area contributed by atoms with Crippen LogP contribution in [0.5, 0.6) is 0 Å². The van der Waals surface area contributed by atoms with Crippen LogP contribution in [-0.2, 0) is 14.3 Å². The molecule has 2 aliphatic heterocycles. The van der Waals surface area contributed by atoms with E-state index < -0.39 is 40.2 Å². The van der Waals surface area contributed by atoms with E-state index in [9.17, 15) is 33.2 Å². The molecule has 5 aliphatic rings. The van der Waals surface area contributed by atoms with Gasteiger partial charge in [0.25, 0.3) is 11.6 Å². The Morgan fingerprint density at radius 3 is 2.74 bits per heavy atom. The summed E-state index contributed by atoms with van der Waals surface area (Å²) in [5.41, 5.74) is -2.06. The first-order valence-corrected chi connectivity index (χ1v) is 14.1. The molecule has 1 spiro atoms. The highest BCUT2D eigenvalue weighted by molar-refractivity contribution is 5.96. The molecule has 2 saturated heterocycles. The van der Waals surface area contributed by atoms with Gasteiger partial charge in [-0.3, -0.25) is 14.9 Å². The van der Waals surface area contributed by atoms with E-state index in [4.69, 9.17) is 4.74 Å². The van der Waals surface area contributed by atoms with Crippen molar-refractivity contribution in [2.24, 2.45) is 11.3 Å². The molecule has 9 nitrogen and oxygen atoms in total. The Kier molecular flexibility index (Phi) is 6.67. The Balaban J connectivity index is 1.43. The fourth-order valence-corrected chi connectivity index (χ4v) is 8.43. The number of hydrogen-bond donors (Lipinski definition) is 2. The van der Waals surface area contributed by atoms with Crippen LogP contribution in [0.4, 0.5) is 13.2 Å². The van der Waals surface area contributed by atoms with Crippen LogP contribution < -0.4 is 5.32 Å². The van der Waals surface area contributed by atoms with E-state index >= 15 is 0 Å². The van der Waals surface area contributed by atoms with Gasteiger partial charge in [-0.05, 0) is 36.1 Å². The number of piperidine rings is 1. The number of aliphatic hydroxyl groups is 1. The molecule has 0 aromatic heterocycles. The lowest BCUT2D eigenvalue weighted by molar-refractivity contribution is -0.940. The normalized spacial score (nSPS) is 37.0. The summed E-state index contributed by atoms with van der Waals surface area (Å²) >= 11 is 0. The maximum Gasteiger partial charge on any atom is 0.573 e. The highest BCUT2D eigenvalue weighted by atomic mass is 19.4. The smallest absolute Gasteiger partial charge is 0.400 e. The van der Waals surface area contributed by atoms with Gasteiger partial charge in [0.05, 0.1) is 37.2 Å². The standard InChI is InChI=1S/C30H32F3N3O6/c1-3-13-36(2)14-12-28-20-10-7-11-24(28)41-26-25(28)19(16-22(20)36)21(35(39)40)17-29(26,38)34-27(37)23(42-30(31,32)33)15-18-8-5-4-6-9-18/h3-6,8-9,15,17,20,22,24,26,38H,1,7,10-14,16H2,2H3/p+1/t20-,22+,24-,26?,28+,29?,36?/m0/s1. The zero-order valence-corrected chi connectivity index (χ0v) is 23.1. The number of nitro groups is 1. The first-order valence-electron chi connectivity index (χ1n) is 14.1. The molecule has 3 unspecified atom stereocenters. The first-order chi connectivity index (χ1) is 19.8. The van der Waals surface area contributed by atoms with Gasteiger partial charge in [-0.15, -0.1) is 13.2 Å². The molecule has 42 heavy (non-hydrogen) atoms. The lowest BCUT2D eigenvalue weighted by Crippen LogP contribution is -2.69. The van der Waals surface area contributed by atoms with Crippen LogP contribution in [-0.4, -0.2) is 70.9 Å². The van der Waals surface area contributed by atoms with Crippen LogP contribution in [0.25, 0.3) is 6.08 Å². The number of benzene rings is 1. The van der Waals surface area contributed by atoms with Gasteiger partial charge in [-0.25, -0.2) is 0 Å². The average molecular weight is 589 g/mol. The van der Waals surface area contributed by atoms with Gasteiger partial charge in [-0.2, -0.15) is 0 Å². The third kappa shape index (κ3) is 4.38. The summed E-state index contributed by atoms with van der Waals surface area (Å²) in [5, 5.41) is 26.6. The van der Waals surface area contributed by atoms with Gasteiger partial charge in [-0.1, -0.05) is 43.3 Å². The Morgan fingerprint density at radius 1 is 1.33 bits per heavy atom. The van der Waals surface area contributed by atoms with E-state index in [-0.39, 0.29) is 29.3 Å². The average Bonchev–Trinajstić information content (AvgIpc) is 3.27. The monoisotopic (exact) mass is 588 g/mol. The van der Waals surface area contributed by atoms with Gasteiger partial charge in [0.2, 0.25) is 0 Å². The quantitative estimate of drug-likeness (QED) is 0.0940. The van der Waals surface area contributed by atoms with Crippen molar-refractivity contribution in [2.75, 3.05) is 20.1 Å². The number of likely N-dealkylation sites (tertiary alicyclic amines) is 1. The zero-order valence-electron chi connectivity index (χ0n) is 23.1. The minimum absolute atomic E-state index is 0.0744. The minimum atomic E-state index is -5.20. The molecule has 1 aromatic rings. The summed E-state index contributed by atoms with van der Waals surface area (Å²) in [7, 11) is 2.15. The maximum atomic E-state index is 13.4. The highest BCUT2D eigenvalue weighted by Gasteiger charge is 2.72. The van der Waals surface area contributed by atoms with E-state index in [1.54, 1.807) is 18.2 Å². The van der Waals surface area contributed by atoms with Gasteiger partial charge >= 0.3 is 6.36 Å². The summed E-state index contributed by atoms with van der Waals surface area (Å²) < 4.78 is 51.3. The Labute approximate surface area is 240 Å². The van der Waals surface area contributed by atoms with Crippen molar-refractivity contribution >= 4 is 12.0 Å². The number of carbonyl (C=O) groups is 1. The molecular weight excluding hydrogens is 555 g/mol. The number of carbonyl (C=O) groups excluding carboxylic acids is 1. The van der Waals surface area contributed by atoms with Gasteiger partial charge in [0.15, 0.2) is 11.5 Å². The molecule has 6 rings (SSSR count). The molecule has 3 aliphatic carbocycles. The van der Waals surface area contributed by atoms with Crippen molar-refractivity contribution < 1.29 is 42.0 Å². The van der Waals surface area contributed by atoms with Crippen molar-refractivity contribution in [3.63, 3.8) is 0 Å². The molecule has 2 N–H and O–H groups in total. The SMILES string of the molecule is C=CC[N+]1(C)CC[C@@]23C4=C5C[C@@H]1[C@@H]2CCC[C@@H]3OC4C(O)(NC(=O)C(=Cc1ccccc1)OC(F)(F)F)C=C5[N+](=O)[O-]. The highest BCUT2D eigenvalue weighted by Crippen LogP contribution is 2.67. The fourth-order valence-electron chi connectivity index (χ4n) is 8.43. The molecule has 7 atom stereocenters. The first kappa shape index (κ1) is 28.6. The van der Waals surface area contributed by atoms with Crippen LogP contribution in [0.3, 0.4) is 0 Å². The number of ether oxygens (including phenoxy) is 2. The topological polar surface area (TPSA) is 111 Å². The molecule has 1 aromatic carbocycles. The lowest BCUT2D eigenvalue weighted by Gasteiger charge is -2.61. The number of allylic oxidation sites excluding steroid dienone is 1. The molecule has 3 fully saturated rings. The van der Waals surface area contributed by atoms with Crippen LogP contribution >= 0.6 is 0 Å². The summed E-state index contributed by atoms with van der Waals surface area (Å²) in [6.07, 6.45) is 0.464. The van der Waals surface area contributed by atoms with Crippen LogP contribution in [0.1, 0.15) is 37.7 Å². The van der Waals surface area contributed by atoms with Gasteiger partial charge in [0, 0.05) is 35.8 Å². The van der Waals surface area contributed by atoms with E-state index in [2.05, 4.69) is 23.7 Å². The van der Waals surface area contributed by atoms with Crippen molar-refractivity contribution in [2.45, 2.75) is 62.4 Å². The largest absolute Gasteiger partial charge is 0.573 e. The second-order valence-electron chi connectivity index (χ2n) is 12.2. The molecule has 2 heterocycles. The van der Waals surface area contributed by atoms with Crippen molar-refractivity contribution in [3.8, 4) is 0 Å². The molecule has 0 radical (unpaired) electrons. The van der Waals surface area contributed by atoms with E-state index in [0.29, 0.717) is 41.4 Å². The number of quaternary nitrogens is 1. The number of likely N-dealkylation sites (N-methyl/N-ethyl adjacent to an activating group) is 1. The third-order valence-electron chi connectivity index (χ3n) is 9.99. The fraction of sp³-hybridized carbons (Fsp3) is 0.500. The Bertz CT molecular complexity index is 1420. The van der Waals surface area contributed by atoms with E-state index in [1.807, 2.05) is 6.08 Å². The molecule has 224 valence electrons. The second kappa shape index (κ2) is 9.78. The zero-order chi connectivity index (χ0) is 30.1. The molecule has 1 saturated carbocycles. The summed E-state index contributed by atoms with van der Waals surface area (Å²) in [6.45, 7) is 5.43. The number of amides is 1. The maximum absolute atomic E-state index is 13.4. The van der Waals surface area contributed by atoms with E-state index in [0.717, 1.165) is 31.5 Å². The number of halogens is 3. The van der Waals surface area contributed by atoms with Gasteiger partial charge < -0.3 is 24.4 Å². The van der Waals surface area contributed by atoms with Gasteiger partial charge in [0.1, 0.15) is 6.10 Å². The number of nitrogens with one attached hydrogen (secondary N) is 1. The molecular formula is C30H33F3N3O6+. The number of hydrogen-bond acceptors (Lipinski definition) is 6. The molecule has 2 bridgehead atoms. The van der Waals surface area contributed by atoms with Crippen molar-refractivity contribution in [3.05, 3.63) is 87.3 Å². The predicted octanol–water partition coefficient (Wildman–Crippen LogP) is 4.20. The number of rotatable bonds is 7. The Morgan fingerprint density at radius 2 is 2.07 bits per heavy atom. The Hall–Kier alpha value is -3.48. The van der Waals surface area contributed by atoms with Crippen LogP contribution in [0, 0.1) is 21.4 Å². The minimum Gasteiger partial charge on any atom is -0.400 e. The van der Waals surface area contributed by atoms with Crippen LogP contribution in [0.2, 0.25) is 0 Å². The summed E-state index contributed by atoms with van der Waals surface area (Å²) in [5.74, 6) is -2.38. The molecule has 1 amide bonds. The second-order valence-corrected chi connectivity index (χ2v) is 12.2. The summed E-state index contributed by atoms with van der Waals surface area (Å²) in [4.78, 5) is 25.2. The van der Waals surface area contributed by atoms with Crippen LogP contribution in [0.15, 0.2) is 71.7 Å². The lowest BCUT2D eigenvalue weighted by atomic mass is 9.49.